The standard InChI is InChI=1S/C15H23F3N4O/c1-5-19-13(22-14(2,3)4)21-9-11-6-7-12(20-8-11)23-10-15(16,17)18/h6-8H,5,9-10H2,1-4H3,(H2,19,21,22). The molecule has 0 aliphatic rings. The summed E-state index contributed by atoms with van der Waals surface area (Å²) in [5, 5.41) is 6.37. The van der Waals surface area contributed by atoms with E-state index < -0.39 is 12.8 Å². The van der Waals surface area contributed by atoms with Crippen molar-refractivity contribution in [2.24, 2.45) is 4.99 Å². The topological polar surface area (TPSA) is 58.5 Å². The monoisotopic (exact) mass is 332 g/mol. The largest absolute Gasteiger partial charge is 0.468 e. The minimum atomic E-state index is -4.37. The molecular formula is C15H23F3N4O. The van der Waals surface area contributed by atoms with E-state index in [0.29, 0.717) is 12.5 Å². The number of nitrogens with zero attached hydrogens (tertiary/aromatic N) is 2. The van der Waals surface area contributed by atoms with Crippen molar-refractivity contribution < 1.29 is 17.9 Å². The fourth-order valence-electron chi connectivity index (χ4n) is 1.58. The summed E-state index contributed by atoms with van der Waals surface area (Å²) in [4.78, 5) is 8.27. The van der Waals surface area contributed by atoms with E-state index in [-0.39, 0.29) is 11.4 Å². The van der Waals surface area contributed by atoms with Crippen LogP contribution in [0.15, 0.2) is 23.3 Å². The van der Waals surface area contributed by atoms with Crippen molar-refractivity contribution >= 4 is 5.96 Å². The Morgan fingerprint density at radius 2 is 1.96 bits per heavy atom. The molecule has 2 N–H and O–H groups in total. The molecule has 0 aromatic carbocycles. The van der Waals surface area contributed by atoms with E-state index in [2.05, 4.69) is 25.3 Å². The Morgan fingerprint density at radius 3 is 2.43 bits per heavy atom. The van der Waals surface area contributed by atoms with Gasteiger partial charge in [0.25, 0.3) is 0 Å². The molecule has 0 saturated carbocycles. The number of aliphatic imine (C=N–C) groups is 1. The van der Waals surface area contributed by atoms with Crippen molar-refractivity contribution in [3.63, 3.8) is 0 Å². The Bertz CT molecular complexity index is 507. The second-order valence-corrected chi connectivity index (χ2v) is 5.98. The number of ether oxygens (including phenoxy) is 1. The summed E-state index contributed by atoms with van der Waals surface area (Å²) in [6.07, 6.45) is -2.92. The van der Waals surface area contributed by atoms with Crippen LogP contribution >= 0.6 is 0 Å². The van der Waals surface area contributed by atoms with Gasteiger partial charge in [0.1, 0.15) is 0 Å². The van der Waals surface area contributed by atoms with Crippen LogP contribution in [0.25, 0.3) is 0 Å². The first-order valence-corrected chi connectivity index (χ1v) is 7.30. The van der Waals surface area contributed by atoms with E-state index in [9.17, 15) is 13.2 Å². The molecule has 130 valence electrons. The molecule has 1 aromatic rings. The molecule has 0 aliphatic carbocycles. The van der Waals surface area contributed by atoms with Crippen LogP contribution in [-0.4, -0.2) is 35.8 Å². The quantitative estimate of drug-likeness (QED) is 0.643. The zero-order valence-electron chi connectivity index (χ0n) is 13.8. The van der Waals surface area contributed by atoms with Gasteiger partial charge in [-0.3, -0.25) is 0 Å². The number of alkyl halides is 3. The molecule has 5 nitrogen and oxygen atoms in total. The number of hydrogen-bond donors (Lipinski definition) is 2. The minimum absolute atomic E-state index is 0.0604. The number of pyridine rings is 1. The predicted molar refractivity (Wildman–Crippen MR) is 83.5 cm³/mol. The fraction of sp³-hybridized carbons (Fsp3) is 0.600. The van der Waals surface area contributed by atoms with Crippen molar-refractivity contribution in [2.45, 2.75) is 46.0 Å². The average molecular weight is 332 g/mol. The van der Waals surface area contributed by atoms with Gasteiger partial charge in [-0.25, -0.2) is 9.98 Å². The molecule has 0 atom stereocenters. The van der Waals surface area contributed by atoms with Gasteiger partial charge >= 0.3 is 6.18 Å². The molecule has 23 heavy (non-hydrogen) atoms. The average Bonchev–Trinajstić information content (AvgIpc) is 2.41. The van der Waals surface area contributed by atoms with Gasteiger partial charge in [0.2, 0.25) is 5.88 Å². The third kappa shape index (κ3) is 8.90. The molecule has 8 heteroatoms. The van der Waals surface area contributed by atoms with Crippen LogP contribution in [0.3, 0.4) is 0 Å². The smallest absolute Gasteiger partial charge is 0.422 e. The number of halogens is 3. The lowest BCUT2D eigenvalue weighted by atomic mass is 10.1. The molecule has 0 saturated heterocycles. The maximum atomic E-state index is 12.1. The third-order valence-corrected chi connectivity index (χ3v) is 2.44. The molecule has 0 amide bonds. The molecule has 0 spiro atoms. The molecule has 1 aromatic heterocycles. The fourth-order valence-corrected chi connectivity index (χ4v) is 1.58. The van der Waals surface area contributed by atoms with Gasteiger partial charge < -0.3 is 15.4 Å². The molecule has 1 heterocycles. The zero-order valence-corrected chi connectivity index (χ0v) is 13.8. The van der Waals surface area contributed by atoms with Crippen LogP contribution in [0.1, 0.15) is 33.3 Å². The highest BCUT2D eigenvalue weighted by atomic mass is 19.4. The van der Waals surface area contributed by atoms with Crippen molar-refractivity contribution in [1.29, 1.82) is 0 Å². The highest BCUT2D eigenvalue weighted by molar-refractivity contribution is 5.80. The van der Waals surface area contributed by atoms with Crippen molar-refractivity contribution in [1.82, 2.24) is 15.6 Å². The first-order valence-electron chi connectivity index (χ1n) is 7.30. The summed E-state index contributed by atoms with van der Waals surface area (Å²) in [5.41, 5.74) is 0.643. The first kappa shape index (κ1) is 19.1. The normalized spacial score (nSPS) is 12.9. The molecule has 1 rings (SSSR count). The third-order valence-electron chi connectivity index (χ3n) is 2.44. The number of guanidine groups is 1. The van der Waals surface area contributed by atoms with Gasteiger partial charge in [-0.15, -0.1) is 0 Å². The molecule has 0 bridgehead atoms. The number of nitrogens with one attached hydrogen (secondary N) is 2. The van der Waals surface area contributed by atoms with Gasteiger partial charge in [0.05, 0.1) is 6.54 Å². The van der Waals surface area contributed by atoms with Crippen LogP contribution in [0.4, 0.5) is 13.2 Å². The lowest BCUT2D eigenvalue weighted by Crippen LogP contribution is -2.47. The second kappa shape index (κ2) is 8.03. The minimum Gasteiger partial charge on any atom is -0.468 e. The van der Waals surface area contributed by atoms with Gasteiger partial charge in [-0.2, -0.15) is 13.2 Å². The number of aromatic nitrogens is 1. The Hall–Kier alpha value is -1.99. The summed E-state index contributed by atoms with van der Waals surface area (Å²) in [6, 6.07) is 3.05. The van der Waals surface area contributed by atoms with E-state index in [1.165, 1.54) is 12.3 Å². The van der Waals surface area contributed by atoms with E-state index >= 15 is 0 Å². The molecule has 0 aliphatic heterocycles. The Kier molecular flexibility index (Phi) is 6.65. The molecule has 0 unspecified atom stereocenters. The van der Waals surface area contributed by atoms with E-state index in [1.54, 1.807) is 6.07 Å². The van der Waals surface area contributed by atoms with Crippen LogP contribution in [0.2, 0.25) is 0 Å². The summed E-state index contributed by atoms with van der Waals surface area (Å²) >= 11 is 0. The lowest BCUT2D eigenvalue weighted by molar-refractivity contribution is -0.154. The van der Waals surface area contributed by atoms with Crippen molar-refractivity contribution in [3.05, 3.63) is 23.9 Å². The summed E-state index contributed by atoms with van der Waals surface area (Å²) in [5.74, 6) is 0.604. The summed E-state index contributed by atoms with van der Waals surface area (Å²) in [7, 11) is 0. The van der Waals surface area contributed by atoms with Crippen LogP contribution in [-0.2, 0) is 6.54 Å². The molecule has 0 radical (unpaired) electrons. The van der Waals surface area contributed by atoms with E-state index in [1.807, 2.05) is 27.7 Å². The van der Waals surface area contributed by atoms with E-state index in [4.69, 9.17) is 0 Å². The van der Waals surface area contributed by atoms with Crippen molar-refractivity contribution in [2.75, 3.05) is 13.2 Å². The van der Waals surface area contributed by atoms with E-state index in [0.717, 1.165) is 12.1 Å². The lowest BCUT2D eigenvalue weighted by Gasteiger charge is -2.23. The molecular weight excluding hydrogens is 309 g/mol. The molecule has 0 fully saturated rings. The Balaban J connectivity index is 2.63. The Morgan fingerprint density at radius 1 is 1.26 bits per heavy atom. The van der Waals surface area contributed by atoms with Gasteiger partial charge in [-0.1, -0.05) is 6.07 Å². The number of rotatable bonds is 5. The summed E-state index contributed by atoms with van der Waals surface area (Å²) < 4.78 is 40.7. The highest BCUT2D eigenvalue weighted by Gasteiger charge is 2.28. The zero-order chi connectivity index (χ0) is 17.5. The van der Waals surface area contributed by atoms with Gasteiger partial charge in [0.15, 0.2) is 12.6 Å². The van der Waals surface area contributed by atoms with Gasteiger partial charge in [-0.05, 0) is 33.3 Å². The van der Waals surface area contributed by atoms with Gasteiger partial charge in [0, 0.05) is 24.3 Å². The van der Waals surface area contributed by atoms with Crippen LogP contribution in [0, 0.1) is 0 Å². The van der Waals surface area contributed by atoms with Crippen molar-refractivity contribution in [3.8, 4) is 5.88 Å². The van der Waals surface area contributed by atoms with Crippen LogP contribution < -0.4 is 15.4 Å². The summed E-state index contributed by atoms with van der Waals surface area (Å²) in [6.45, 7) is 7.77. The van der Waals surface area contributed by atoms with Crippen LogP contribution in [0.5, 0.6) is 5.88 Å². The first-order chi connectivity index (χ1) is 10.6. The SMILES string of the molecule is CCNC(=NCc1ccc(OCC(F)(F)F)nc1)NC(C)(C)C. The maximum Gasteiger partial charge on any atom is 0.422 e. The number of hydrogen-bond acceptors (Lipinski definition) is 3. The maximum absolute atomic E-state index is 12.1. The Labute approximate surface area is 134 Å². The highest BCUT2D eigenvalue weighted by Crippen LogP contribution is 2.17. The predicted octanol–water partition coefficient (Wildman–Crippen LogP) is 2.88. The second-order valence-electron chi connectivity index (χ2n) is 5.98.